The van der Waals surface area contributed by atoms with Crippen molar-refractivity contribution in [1.29, 1.82) is 0 Å². The van der Waals surface area contributed by atoms with Crippen LogP contribution in [-0.2, 0) is 20.1 Å². The predicted molar refractivity (Wildman–Crippen MR) is 144 cm³/mol. The summed E-state index contributed by atoms with van der Waals surface area (Å²) in [5.74, 6) is 1.28. The number of aliphatic hydroxyl groups excluding tert-OH is 1. The molecule has 11 heteroatoms. The van der Waals surface area contributed by atoms with Crippen LogP contribution < -0.4 is 9.47 Å². The summed E-state index contributed by atoms with van der Waals surface area (Å²) in [5, 5.41) is 27.8. The minimum Gasteiger partial charge on any atom is -0.476 e. The molecule has 200 valence electrons. The molecule has 0 spiro atoms. The number of ether oxygens (including phenoxy) is 2. The van der Waals surface area contributed by atoms with Crippen molar-refractivity contribution in [1.82, 2.24) is 39.6 Å². The van der Waals surface area contributed by atoms with Crippen molar-refractivity contribution in [3.05, 3.63) is 34.9 Å². The molecule has 2 atom stereocenters. The zero-order chi connectivity index (χ0) is 26.4. The third-order valence-corrected chi connectivity index (χ3v) is 7.57. The van der Waals surface area contributed by atoms with E-state index in [-0.39, 0.29) is 18.8 Å². The second kappa shape index (κ2) is 9.88. The average Bonchev–Trinajstić information content (AvgIpc) is 3.65. The van der Waals surface area contributed by atoms with Gasteiger partial charge in [0, 0.05) is 25.0 Å². The first-order chi connectivity index (χ1) is 18.5. The molecule has 0 radical (unpaired) electrons. The number of aryl methyl sites for hydroxylation is 2. The van der Waals surface area contributed by atoms with E-state index in [1.807, 2.05) is 54.7 Å². The van der Waals surface area contributed by atoms with Gasteiger partial charge in [-0.15, -0.1) is 5.10 Å². The van der Waals surface area contributed by atoms with Crippen molar-refractivity contribution in [3.8, 4) is 23.0 Å². The van der Waals surface area contributed by atoms with Crippen LogP contribution in [0.1, 0.15) is 49.3 Å². The molecule has 1 fully saturated rings. The molecule has 2 bridgehead atoms. The molecule has 0 unspecified atom stereocenters. The molecule has 4 aromatic rings. The Kier molecular flexibility index (Phi) is 6.40. The lowest BCUT2D eigenvalue weighted by molar-refractivity contribution is 0.0920. The minimum atomic E-state index is -0.0797. The van der Waals surface area contributed by atoms with Gasteiger partial charge in [0.15, 0.2) is 0 Å². The minimum absolute atomic E-state index is 0.00522. The number of H-pyrrole nitrogens is 1. The van der Waals surface area contributed by atoms with Crippen molar-refractivity contribution in [2.75, 3.05) is 19.8 Å². The first-order valence-corrected chi connectivity index (χ1v) is 13.3. The number of pyridine rings is 1. The quantitative estimate of drug-likeness (QED) is 0.423. The van der Waals surface area contributed by atoms with Crippen molar-refractivity contribution >= 4 is 23.1 Å². The topological polar surface area (TPSA) is 119 Å². The highest BCUT2D eigenvalue weighted by Gasteiger charge is 2.34. The van der Waals surface area contributed by atoms with Gasteiger partial charge in [0.25, 0.3) is 0 Å². The molecule has 1 saturated heterocycles. The third-order valence-electron chi connectivity index (χ3n) is 7.57. The highest BCUT2D eigenvalue weighted by atomic mass is 16.5. The molecule has 11 nitrogen and oxygen atoms in total. The Morgan fingerprint density at radius 2 is 2.13 bits per heavy atom. The second-order valence-electron chi connectivity index (χ2n) is 9.99. The number of aliphatic hydroxyl groups is 1. The van der Waals surface area contributed by atoms with Crippen LogP contribution in [0, 0.1) is 6.92 Å². The van der Waals surface area contributed by atoms with Crippen LogP contribution in [0.25, 0.3) is 34.3 Å². The lowest BCUT2D eigenvalue weighted by Gasteiger charge is -2.30. The summed E-state index contributed by atoms with van der Waals surface area (Å²) in [4.78, 5) is 7.19. The number of hydrogen-bond donors (Lipinski definition) is 2. The van der Waals surface area contributed by atoms with Gasteiger partial charge in [0.05, 0.1) is 65.4 Å². The van der Waals surface area contributed by atoms with Crippen molar-refractivity contribution in [2.24, 2.45) is 7.05 Å². The zero-order valence-electron chi connectivity index (χ0n) is 22.3. The predicted octanol–water partition coefficient (Wildman–Crippen LogP) is 3.17. The third kappa shape index (κ3) is 4.15. The first kappa shape index (κ1) is 24.6. The number of aromatic nitrogens is 7. The number of hydrogen-bond acceptors (Lipinski definition) is 8. The molecule has 2 aliphatic rings. The molecule has 38 heavy (non-hydrogen) atoms. The second-order valence-corrected chi connectivity index (χ2v) is 9.99. The van der Waals surface area contributed by atoms with Crippen LogP contribution in [0.15, 0.2) is 12.3 Å². The number of aromatic amines is 1. The van der Waals surface area contributed by atoms with E-state index in [2.05, 4.69) is 27.1 Å². The highest BCUT2D eigenvalue weighted by Crippen LogP contribution is 2.37. The average molecular weight is 519 g/mol. The molecule has 0 amide bonds. The Hall–Kier alpha value is -3.70. The fraction of sp³-hybridized carbons (Fsp3) is 0.481. The molecule has 6 rings (SSSR count). The van der Waals surface area contributed by atoms with E-state index in [4.69, 9.17) is 19.6 Å². The van der Waals surface area contributed by atoms with Crippen molar-refractivity contribution in [3.63, 3.8) is 0 Å². The summed E-state index contributed by atoms with van der Waals surface area (Å²) in [6.07, 6.45) is 7.87. The molecule has 0 aliphatic carbocycles. The van der Waals surface area contributed by atoms with Gasteiger partial charge in [0.2, 0.25) is 11.8 Å². The van der Waals surface area contributed by atoms with Gasteiger partial charge in [-0.1, -0.05) is 0 Å². The molecule has 4 aromatic heterocycles. The number of nitrogens with one attached hydrogen (secondary N) is 1. The van der Waals surface area contributed by atoms with Crippen LogP contribution in [0.5, 0.6) is 11.8 Å². The monoisotopic (exact) mass is 518 g/mol. The van der Waals surface area contributed by atoms with Crippen molar-refractivity contribution in [2.45, 2.75) is 58.8 Å². The van der Waals surface area contributed by atoms with Crippen LogP contribution >= 0.6 is 0 Å². The summed E-state index contributed by atoms with van der Waals surface area (Å²) in [5.41, 5.74) is 6.11. The van der Waals surface area contributed by atoms with Gasteiger partial charge in [-0.05, 0) is 58.4 Å². The van der Waals surface area contributed by atoms with Gasteiger partial charge in [-0.2, -0.15) is 10.2 Å². The van der Waals surface area contributed by atoms with Crippen LogP contribution in [0.3, 0.4) is 0 Å². The molecule has 0 saturated carbocycles. The summed E-state index contributed by atoms with van der Waals surface area (Å²) < 4.78 is 16.3. The van der Waals surface area contributed by atoms with Gasteiger partial charge in [-0.25, -0.2) is 4.68 Å². The van der Waals surface area contributed by atoms with E-state index in [1.54, 1.807) is 0 Å². The number of nitrogens with zero attached hydrogens (tertiary/aromatic N) is 7. The van der Waals surface area contributed by atoms with Crippen molar-refractivity contribution < 1.29 is 14.6 Å². The van der Waals surface area contributed by atoms with Gasteiger partial charge < -0.3 is 14.6 Å². The molecular formula is C27H34N8O3. The normalized spacial score (nSPS) is 20.4. The maximum Gasteiger partial charge on any atom is 0.240 e. The van der Waals surface area contributed by atoms with E-state index < -0.39 is 0 Å². The van der Waals surface area contributed by atoms with Crippen LogP contribution in [-0.4, -0.2) is 76.7 Å². The van der Waals surface area contributed by atoms with E-state index >= 15 is 0 Å². The van der Waals surface area contributed by atoms with E-state index in [0.29, 0.717) is 31.5 Å². The Bertz CT molecular complexity index is 1500. The van der Waals surface area contributed by atoms with Crippen LogP contribution in [0.4, 0.5) is 0 Å². The largest absolute Gasteiger partial charge is 0.476 e. The Balaban J connectivity index is 1.56. The smallest absolute Gasteiger partial charge is 0.240 e. The van der Waals surface area contributed by atoms with Crippen LogP contribution in [0.2, 0.25) is 0 Å². The maximum absolute atomic E-state index is 9.79. The van der Waals surface area contributed by atoms with Gasteiger partial charge in [0.1, 0.15) is 6.10 Å². The van der Waals surface area contributed by atoms with Gasteiger partial charge in [-0.3, -0.25) is 19.7 Å². The Labute approximate surface area is 221 Å². The molecule has 2 aliphatic heterocycles. The molecule has 2 N–H and O–H groups in total. The van der Waals surface area contributed by atoms with Gasteiger partial charge >= 0.3 is 0 Å². The molecular weight excluding hydrogens is 484 g/mol. The van der Waals surface area contributed by atoms with E-state index in [9.17, 15) is 5.11 Å². The maximum atomic E-state index is 9.79. The lowest BCUT2D eigenvalue weighted by Crippen LogP contribution is -2.41. The summed E-state index contributed by atoms with van der Waals surface area (Å²) >= 11 is 0. The number of rotatable bonds is 4. The Morgan fingerprint density at radius 1 is 1.26 bits per heavy atom. The standard InChI is InChI=1S/C27H34N8O3/c1-5-37-26-18-8-9-20-19-13-21(28-14-22(19)30-29-20)25-16(2)31-33(4)27(25)38-17(3)23-7-6-10-34(23)15-24(18)35(32-26)11-12-36/h8-9,13-14,17,23,36H,5-7,10-12,15H2,1-4H3,(H,29,30)/b9-8+/t17-,23+/m0/s1. The fourth-order valence-electron chi connectivity index (χ4n) is 5.80. The molecule has 6 heterocycles. The summed E-state index contributed by atoms with van der Waals surface area (Å²) in [6.45, 7) is 8.59. The summed E-state index contributed by atoms with van der Waals surface area (Å²) in [6, 6.07) is 2.25. The van der Waals surface area contributed by atoms with E-state index in [1.165, 1.54) is 0 Å². The molecule has 0 aromatic carbocycles. The first-order valence-electron chi connectivity index (χ1n) is 13.3. The lowest BCUT2D eigenvalue weighted by atomic mass is 10.1. The zero-order valence-corrected chi connectivity index (χ0v) is 22.3. The highest BCUT2D eigenvalue weighted by molar-refractivity contribution is 5.92. The SMILES string of the molecule is CCOc1nn(CCO)c2c1/C=C/c1n[nH]c3cnc(cc13)-c1c(C)nn(C)c1O[C@@H](C)[C@H]1CCCN1C2. The fourth-order valence-corrected chi connectivity index (χ4v) is 5.80. The summed E-state index contributed by atoms with van der Waals surface area (Å²) in [7, 11) is 1.92. The number of fused-ring (bicyclic) bond motifs is 5. The van der Waals surface area contributed by atoms with E-state index in [0.717, 1.165) is 64.2 Å². The Morgan fingerprint density at radius 3 is 2.95 bits per heavy atom.